The van der Waals surface area contributed by atoms with Crippen LogP contribution in [0.3, 0.4) is 0 Å². The molecule has 4 nitrogen and oxygen atoms in total. The summed E-state index contributed by atoms with van der Waals surface area (Å²) >= 11 is 0. The number of nitrogens with one attached hydrogen (secondary N) is 1. The monoisotopic (exact) mass is 266 g/mol. The van der Waals surface area contributed by atoms with Crippen molar-refractivity contribution in [2.45, 2.75) is 52.8 Å². The molecule has 0 amide bonds. The van der Waals surface area contributed by atoms with Crippen LogP contribution in [0, 0.1) is 0 Å². The molecule has 108 valence electrons. The van der Waals surface area contributed by atoms with E-state index >= 15 is 0 Å². The zero-order valence-electron chi connectivity index (χ0n) is 12.7. The van der Waals surface area contributed by atoms with Crippen LogP contribution in [0.4, 0.5) is 0 Å². The second-order valence-corrected chi connectivity index (χ2v) is 5.83. The Morgan fingerprint density at radius 3 is 2.63 bits per heavy atom. The maximum atomic E-state index is 5.74. The van der Waals surface area contributed by atoms with Crippen molar-refractivity contribution in [1.29, 1.82) is 0 Å². The SMILES string of the molecule is CC(C)NCc1ccncc1OCCOC(C)(C)C. The summed E-state index contributed by atoms with van der Waals surface area (Å²) in [6, 6.07) is 2.43. The maximum absolute atomic E-state index is 5.74. The number of ether oxygens (including phenoxy) is 2. The van der Waals surface area contributed by atoms with Gasteiger partial charge in [-0.3, -0.25) is 4.98 Å². The molecule has 1 N–H and O–H groups in total. The van der Waals surface area contributed by atoms with Gasteiger partial charge in [-0.25, -0.2) is 0 Å². The average Bonchev–Trinajstić information content (AvgIpc) is 2.32. The summed E-state index contributed by atoms with van der Waals surface area (Å²) in [6.07, 6.45) is 3.55. The average molecular weight is 266 g/mol. The maximum Gasteiger partial charge on any atom is 0.142 e. The Bertz CT molecular complexity index is 373. The lowest BCUT2D eigenvalue weighted by Crippen LogP contribution is -2.24. The number of pyridine rings is 1. The van der Waals surface area contributed by atoms with Crippen LogP contribution < -0.4 is 10.1 Å². The Balaban J connectivity index is 2.44. The van der Waals surface area contributed by atoms with Gasteiger partial charge in [0.05, 0.1) is 18.4 Å². The second-order valence-electron chi connectivity index (χ2n) is 5.83. The van der Waals surface area contributed by atoms with Gasteiger partial charge in [0.2, 0.25) is 0 Å². The van der Waals surface area contributed by atoms with Crippen molar-refractivity contribution < 1.29 is 9.47 Å². The fraction of sp³-hybridized carbons (Fsp3) is 0.667. The second kappa shape index (κ2) is 7.46. The lowest BCUT2D eigenvalue weighted by Gasteiger charge is -2.20. The van der Waals surface area contributed by atoms with Crippen LogP contribution in [0.15, 0.2) is 18.5 Å². The minimum absolute atomic E-state index is 0.125. The first-order chi connectivity index (χ1) is 8.88. The molecule has 1 aromatic heterocycles. The van der Waals surface area contributed by atoms with Gasteiger partial charge in [0.25, 0.3) is 0 Å². The molecule has 0 spiro atoms. The van der Waals surface area contributed by atoms with E-state index < -0.39 is 0 Å². The van der Waals surface area contributed by atoms with Crippen LogP contribution in [0.5, 0.6) is 5.75 Å². The van der Waals surface area contributed by atoms with Crippen molar-refractivity contribution in [3.05, 3.63) is 24.0 Å². The third-order valence-corrected chi connectivity index (χ3v) is 2.45. The molecule has 0 bridgehead atoms. The molecule has 0 saturated heterocycles. The fourth-order valence-electron chi connectivity index (χ4n) is 1.50. The van der Waals surface area contributed by atoms with Gasteiger partial charge in [-0.05, 0) is 26.8 Å². The quantitative estimate of drug-likeness (QED) is 0.771. The van der Waals surface area contributed by atoms with E-state index in [9.17, 15) is 0 Å². The van der Waals surface area contributed by atoms with Crippen molar-refractivity contribution >= 4 is 0 Å². The van der Waals surface area contributed by atoms with Crippen molar-refractivity contribution in [3.63, 3.8) is 0 Å². The first kappa shape index (κ1) is 15.9. The molecule has 0 unspecified atom stereocenters. The predicted octanol–water partition coefficient (Wildman–Crippen LogP) is 2.77. The fourth-order valence-corrected chi connectivity index (χ4v) is 1.50. The van der Waals surface area contributed by atoms with Gasteiger partial charge in [-0.2, -0.15) is 0 Å². The highest BCUT2D eigenvalue weighted by Crippen LogP contribution is 2.16. The van der Waals surface area contributed by atoms with E-state index in [2.05, 4.69) is 24.1 Å². The van der Waals surface area contributed by atoms with Gasteiger partial charge < -0.3 is 14.8 Å². The van der Waals surface area contributed by atoms with Crippen LogP contribution in [0.2, 0.25) is 0 Å². The van der Waals surface area contributed by atoms with E-state index in [1.165, 1.54) is 0 Å². The van der Waals surface area contributed by atoms with E-state index in [1.54, 1.807) is 12.4 Å². The number of hydrogen-bond acceptors (Lipinski definition) is 4. The molecule has 1 aromatic rings. The molecule has 0 atom stereocenters. The van der Waals surface area contributed by atoms with Gasteiger partial charge in [0.15, 0.2) is 0 Å². The molecule has 0 saturated carbocycles. The zero-order valence-corrected chi connectivity index (χ0v) is 12.7. The smallest absolute Gasteiger partial charge is 0.142 e. The van der Waals surface area contributed by atoms with Crippen LogP contribution in [-0.4, -0.2) is 29.8 Å². The zero-order chi connectivity index (χ0) is 14.3. The van der Waals surface area contributed by atoms with Crippen LogP contribution in [0.1, 0.15) is 40.2 Å². The van der Waals surface area contributed by atoms with Gasteiger partial charge in [0.1, 0.15) is 12.4 Å². The van der Waals surface area contributed by atoms with E-state index in [1.807, 2.05) is 26.8 Å². The first-order valence-electron chi connectivity index (χ1n) is 6.81. The number of aromatic nitrogens is 1. The Morgan fingerprint density at radius 1 is 1.26 bits per heavy atom. The molecule has 19 heavy (non-hydrogen) atoms. The minimum Gasteiger partial charge on any atom is -0.489 e. The summed E-state index contributed by atoms with van der Waals surface area (Å²) in [5, 5.41) is 3.38. The highest BCUT2D eigenvalue weighted by Gasteiger charge is 2.10. The molecule has 0 radical (unpaired) electrons. The molecule has 0 aliphatic carbocycles. The van der Waals surface area contributed by atoms with E-state index in [-0.39, 0.29) is 5.60 Å². The van der Waals surface area contributed by atoms with Gasteiger partial charge >= 0.3 is 0 Å². The summed E-state index contributed by atoms with van der Waals surface area (Å²) in [7, 11) is 0. The Kier molecular flexibility index (Phi) is 6.25. The highest BCUT2D eigenvalue weighted by atomic mass is 16.5. The summed E-state index contributed by atoms with van der Waals surface area (Å²) in [5.74, 6) is 0.827. The Hall–Kier alpha value is -1.13. The van der Waals surface area contributed by atoms with E-state index in [0.29, 0.717) is 19.3 Å². The van der Waals surface area contributed by atoms with Crippen molar-refractivity contribution in [3.8, 4) is 5.75 Å². The van der Waals surface area contributed by atoms with Crippen molar-refractivity contribution in [1.82, 2.24) is 10.3 Å². The topological polar surface area (TPSA) is 43.4 Å². The molecule has 0 fully saturated rings. The third kappa shape index (κ3) is 7.13. The summed E-state index contributed by atoms with van der Waals surface area (Å²) < 4.78 is 11.4. The van der Waals surface area contributed by atoms with E-state index in [0.717, 1.165) is 17.9 Å². The minimum atomic E-state index is -0.125. The molecule has 0 aliphatic heterocycles. The molecule has 4 heteroatoms. The van der Waals surface area contributed by atoms with Gasteiger partial charge in [0, 0.05) is 24.3 Å². The highest BCUT2D eigenvalue weighted by molar-refractivity contribution is 5.29. The van der Waals surface area contributed by atoms with Crippen LogP contribution in [-0.2, 0) is 11.3 Å². The molecule has 1 rings (SSSR count). The molecule has 0 aliphatic rings. The number of hydrogen-bond donors (Lipinski definition) is 1. The molecule has 1 heterocycles. The van der Waals surface area contributed by atoms with Crippen molar-refractivity contribution in [2.24, 2.45) is 0 Å². The normalized spacial score (nSPS) is 11.9. The predicted molar refractivity (Wildman–Crippen MR) is 77.4 cm³/mol. The number of rotatable bonds is 7. The van der Waals surface area contributed by atoms with Crippen molar-refractivity contribution in [2.75, 3.05) is 13.2 Å². The Morgan fingerprint density at radius 2 is 2.00 bits per heavy atom. The number of nitrogens with zero attached hydrogens (tertiary/aromatic N) is 1. The summed E-state index contributed by atoms with van der Waals surface area (Å²) in [4.78, 5) is 4.11. The summed E-state index contributed by atoms with van der Waals surface area (Å²) in [5.41, 5.74) is 1.000. The van der Waals surface area contributed by atoms with Crippen LogP contribution in [0.25, 0.3) is 0 Å². The molecular formula is C15H26N2O2. The van der Waals surface area contributed by atoms with Gasteiger partial charge in [-0.15, -0.1) is 0 Å². The van der Waals surface area contributed by atoms with Crippen LogP contribution >= 0.6 is 0 Å². The van der Waals surface area contributed by atoms with Gasteiger partial charge in [-0.1, -0.05) is 13.8 Å². The standard InChI is InChI=1S/C15H26N2O2/c1-12(2)17-10-13-6-7-16-11-14(13)18-8-9-19-15(3,4)5/h6-7,11-12,17H,8-10H2,1-5H3. The lowest BCUT2D eigenvalue weighted by molar-refractivity contribution is -0.0164. The first-order valence-corrected chi connectivity index (χ1v) is 6.81. The summed E-state index contributed by atoms with van der Waals surface area (Å²) in [6.45, 7) is 12.3. The lowest BCUT2D eigenvalue weighted by atomic mass is 10.2. The van der Waals surface area contributed by atoms with E-state index in [4.69, 9.17) is 9.47 Å². The molecular weight excluding hydrogens is 240 g/mol. The Labute approximate surface area is 116 Å². The molecule has 0 aromatic carbocycles. The third-order valence-electron chi connectivity index (χ3n) is 2.45. The largest absolute Gasteiger partial charge is 0.489 e.